The Labute approximate surface area is 121 Å². The van der Waals surface area contributed by atoms with Gasteiger partial charge in [0.15, 0.2) is 0 Å². The number of nitrogens with zero attached hydrogens (tertiary/aromatic N) is 1. The molecule has 0 saturated carbocycles. The van der Waals surface area contributed by atoms with Gasteiger partial charge in [0.1, 0.15) is 6.04 Å². The molecule has 0 aliphatic rings. The van der Waals surface area contributed by atoms with Crippen molar-refractivity contribution < 1.29 is 19.6 Å². The summed E-state index contributed by atoms with van der Waals surface area (Å²) in [6.45, 7) is 3.96. The standard InChI is InChI=1S/C13H17N3O5/c1-3-6-14-12(17)8(2)15-11-7-9(16(20)21)4-5-10(11)13(18)19/h4-5,7-8,15H,3,6H2,1-2H3,(H,14,17)(H,18,19). The van der Waals surface area contributed by atoms with Gasteiger partial charge in [-0.1, -0.05) is 6.92 Å². The molecule has 1 aromatic rings. The molecule has 21 heavy (non-hydrogen) atoms. The number of nitrogens with one attached hydrogen (secondary N) is 2. The van der Waals surface area contributed by atoms with Crippen LogP contribution in [0.2, 0.25) is 0 Å². The van der Waals surface area contributed by atoms with Crippen molar-refractivity contribution in [1.29, 1.82) is 0 Å². The zero-order valence-corrected chi connectivity index (χ0v) is 11.8. The Bertz CT molecular complexity index is 559. The Morgan fingerprint density at radius 3 is 2.62 bits per heavy atom. The van der Waals surface area contributed by atoms with E-state index in [1.165, 1.54) is 0 Å². The van der Waals surface area contributed by atoms with E-state index in [2.05, 4.69) is 10.6 Å². The van der Waals surface area contributed by atoms with Crippen molar-refractivity contribution in [2.45, 2.75) is 26.3 Å². The number of amides is 1. The summed E-state index contributed by atoms with van der Waals surface area (Å²) in [4.78, 5) is 33.0. The number of rotatable bonds is 7. The Morgan fingerprint density at radius 1 is 1.43 bits per heavy atom. The fraction of sp³-hybridized carbons (Fsp3) is 0.385. The van der Waals surface area contributed by atoms with Crippen molar-refractivity contribution in [2.75, 3.05) is 11.9 Å². The van der Waals surface area contributed by atoms with Crippen LogP contribution in [-0.2, 0) is 4.79 Å². The highest BCUT2D eigenvalue weighted by molar-refractivity contribution is 5.96. The zero-order valence-electron chi connectivity index (χ0n) is 11.8. The maximum Gasteiger partial charge on any atom is 0.337 e. The van der Waals surface area contributed by atoms with Gasteiger partial charge in [-0.15, -0.1) is 0 Å². The van der Waals surface area contributed by atoms with Crippen LogP contribution in [0.4, 0.5) is 11.4 Å². The fourth-order valence-corrected chi connectivity index (χ4v) is 1.65. The number of hydrogen-bond donors (Lipinski definition) is 3. The molecule has 1 unspecified atom stereocenters. The molecule has 1 amide bonds. The Kier molecular flexibility index (Phi) is 5.65. The van der Waals surface area contributed by atoms with Crippen molar-refractivity contribution >= 4 is 23.3 Å². The monoisotopic (exact) mass is 295 g/mol. The van der Waals surface area contributed by atoms with E-state index in [0.29, 0.717) is 6.54 Å². The van der Waals surface area contributed by atoms with Gasteiger partial charge in [0.2, 0.25) is 5.91 Å². The summed E-state index contributed by atoms with van der Waals surface area (Å²) in [7, 11) is 0. The molecule has 0 aliphatic heterocycles. The molecule has 0 fully saturated rings. The number of benzene rings is 1. The molecule has 0 saturated heterocycles. The van der Waals surface area contributed by atoms with Gasteiger partial charge >= 0.3 is 5.97 Å². The first-order valence-corrected chi connectivity index (χ1v) is 6.42. The number of nitro groups is 1. The summed E-state index contributed by atoms with van der Waals surface area (Å²) in [5, 5.41) is 25.2. The van der Waals surface area contributed by atoms with E-state index in [1.54, 1.807) is 6.92 Å². The summed E-state index contributed by atoms with van der Waals surface area (Å²) >= 11 is 0. The van der Waals surface area contributed by atoms with Crippen LogP contribution in [0.25, 0.3) is 0 Å². The normalized spacial score (nSPS) is 11.5. The van der Waals surface area contributed by atoms with Gasteiger partial charge in [0.25, 0.3) is 5.69 Å². The van der Waals surface area contributed by atoms with Crippen LogP contribution in [0.3, 0.4) is 0 Å². The van der Waals surface area contributed by atoms with Crippen LogP contribution in [0.1, 0.15) is 30.6 Å². The number of aromatic carboxylic acids is 1. The summed E-state index contributed by atoms with van der Waals surface area (Å²) in [6, 6.07) is 2.64. The number of non-ortho nitro benzene ring substituents is 1. The smallest absolute Gasteiger partial charge is 0.337 e. The van der Waals surface area contributed by atoms with E-state index in [4.69, 9.17) is 5.11 Å². The van der Waals surface area contributed by atoms with Gasteiger partial charge in [-0.05, 0) is 19.4 Å². The fourth-order valence-electron chi connectivity index (χ4n) is 1.65. The summed E-state index contributed by atoms with van der Waals surface area (Å²) < 4.78 is 0. The third-order valence-electron chi connectivity index (χ3n) is 2.76. The van der Waals surface area contributed by atoms with Gasteiger partial charge in [-0.25, -0.2) is 4.79 Å². The van der Waals surface area contributed by atoms with Crippen LogP contribution >= 0.6 is 0 Å². The zero-order chi connectivity index (χ0) is 16.0. The number of nitro benzene ring substituents is 1. The van der Waals surface area contributed by atoms with E-state index in [9.17, 15) is 19.7 Å². The lowest BCUT2D eigenvalue weighted by atomic mass is 10.1. The van der Waals surface area contributed by atoms with Gasteiger partial charge in [0, 0.05) is 18.7 Å². The average Bonchev–Trinajstić information content (AvgIpc) is 2.44. The molecule has 0 aromatic heterocycles. The molecule has 0 bridgehead atoms. The predicted molar refractivity (Wildman–Crippen MR) is 76.4 cm³/mol. The minimum Gasteiger partial charge on any atom is -0.478 e. The number of carboxylic acid groups (broad SMARTS) is 1. The molecule has 0 aliphatic carbocycles. The van der Waals surface area contributed by atoms with Gasteiger partial charge in [-0.2, -0.15) is 0 Å². The van der Waals surface area contributed by atoms with Crippen molar-refractivity contribution in [1.82, 2.24) is 5.32 Å². The van der Waals surface area contributed by atoms with Crippen molar-refractivity contribution in [2.24, 2.45) is 0 Å². The number of carboxylic acids is 1. The highest BCUT2D eigenvalue weighted by Gasteiger charge is 2.19. The van der Waals surface area contributed by atoms with Gasteiger partial charge in [0.05, 0.1) is 16.2 Å². The largest absolute Gasteiger partial charge is 0.478 e. The van der Waals surface area contributed by atoms with E-state index in [1.807, 2.05) is 6.92 Å². The summed E-state index contributed by atoms with van der Waals surface area (Å²) in [6.07, 6.45) is 0.773. The average molecular weight is 295 g/mol. The number of anilines is 1. The highest BCUT2D eigenvalue weighted by Crippen LogP contribution is 2.23. The maximum atomic E-state index is 11.8. The highest BCUT2D eigenvalue weighted by atomic mass is 16.6. The van der Waals surface area contributed by atoms with Crippen LogP contribution < -0.4 is 10.6 Å². The topological polar surface area (TPSA) is 122 Å². The number of carbonyl (C=O) groups excluding carboxylic acids is 1. The molecule has 114 valence electrons. The summed E-state index contributed by atoms with van der Waals surface area (Å²) in [5.74, 6) is -1.53. The van der Waals surface area contributed by atoms with Crippen LogP contribution in [-0.4, -0.2) is 34.5 Å². The lowest BCUT2D eigenvalue weighted by Gasteiger charge is -2.16. The quantitative estimate of drug-likeness (QED) is 0.519. The Hall–Kier alpha value is -2.64. The second kappa shape index (κ2) is 7.22. The molecule has 8 heteroatoms. The molecular weight excluding hydrogens is 278 g/mol. The maximum absolute atomic E-state index is 11.8. The molecule has 0 spiro atoms. The van der Waals surface area contributed by atoms with Crippen molar-refractivity contribution in [3.8, 4) is 0 Å². The Balaban J connectivity index is 2.98. The molecule has 3 N–H and O–H groups in total. The third kappa shape index (κ3) is 4.44. The van der Waals surface area contributed by atoms with Crippen molar-refractivity contribution in [3.05, 3.63) is 33.9 Å². The number of hydrogen-bond acceptors (Lipinski definition) is 5. The van der Waals surface area contributed by atoms with Gasteiger partial charge < -0.3 is 15.7 Å². The van der Waals surface area contributed by atoms with E-state index >= 15 is 0 Å². The molecule has 1 atom stereocenters. The molecule has 0 heterocycles. The molecule has 0 radical (unpaired) electrons. The first-order valence-electron chi connectivity index (χ1n) is 6.42. The molecule has 1 aromatic carbocycles. The minimum atomic E-state index is -1.23. The van der Waals surface area contributed by atoms with E-state index in [0.717, 1.165) is 24.6 Å². The second-order valence-corrected chi connectivity index (χ2v) is 4.45. The first-order chi connectivity index (χ1) is 9.86. The summed E-state index contributed by atoms with van der Waals surface area (Å²) in [5.41, 5.74) is -0.338. The van der Waals surface area contributed by atoms with E-state index in [-0.39, 0.29) is 22.8 Å². The van der Waals surface area contributed by atoms with E-state index < -0.39 is 16.9 Å². The third-order valence-corrected chi connectivity index (χ3v) is 2.76. The SMILES string of the molecule is CCCNC(=O)C(C)Nc1cc([N+](=O)[O-])ccc1C(=O)O. The lowest BCUT2D eigenvalue weighted by Crippen LogP contribution is -2.38. The predicted octanol–water partition coefficient (Wildman–Crippen LogP) is 1.62. The number of carbonyl (C=O) groups is 2. The second-order valence-electron chi connectivity index (χ2n) is 4.45. The van der Waals surface area contributed by atoms with Crippen molar-refractivity contribution in [3.63, 3.8) is 0 Å². The molecular formula is C13H17N3O5. The van der Waals surface area contributed by atoms with Gasteiger partial charge in [-0.3, -0.25) is 14.9 Å². The van der Waals surface area contributed by atoms with Crippen LogP contribution in [0.15, 0.2) is 18.2 Å². The molecule has 8 nitrogen and oxygen atoms in total. The first kappa shape index (κ1) is 16.4. The lowest BCUT2D eigenvalue weighted by molar-refractivity contribution is -0.384. The van der Waals surface area contributed by atoms with Crippen LogP contribution in [0, 0.1) is 10.1 Å². The van der Waals surface area contributed by atoms with Crippen LogP contribution in [0.5, 0.6) is 0 Å². The molecule has 1 rings (SSSR count). The Morgan fingerprint density at radius 2 is 2.10 bits per heavy atom. The minimum absolute atomic E-state index is 0.0378.